The molecule has 0 saturated carbocycles. The monoisotopic (exact) mass is 584 g/mol. The van der Waals surface area contributed by atoms with Crippen LogP contribution in [0.4, 0.5) is 37.7 Å². The van der Waals surface area contributed by atoms with Crippen LogP contribution in [0.25, 0.3) is 11.1 Å². The van der Waals surface area contributed by atoms with Crippen molar-refractivity contribution >= 4 is 11.4 Å². The van der Waals surface area contributed by atoms with E-state index in [1.807, 2.05) is 0 Å². The van der Waals surface area contributed by atoms with Crippen LogP contribution in [0.5, 0.6) is 23.0 Å². The van der Waals surface area contributed by atoms with Crippen molar-refractivity contribution in [3.8, 4) is 34.1 Å². The van der Waals surface area contributed by atoms with Crippen molar-refractivity contribution in [1.82, 2.24) is 0 Å². The summed E-state index contributed by atoms with van der Waals surface area (Å²) in [6.07, 6.45) is -5.60. The van der Waals surface area contributed by atoms with E-state index in [9.17, 15) is 26.3 Å². The summed E-state index contributed by atoms with van der Waals surface area (Å²) in [6, 6.07) is 16.5. The van der Waals surface area contributed by atoms with Gasteiger partial charge in [-0.15, -0.1) is 13.2 Å². The summed E-state index contributed by atoms with van der Waals surface area (Å²) >= 11 is 0. The average molecular weight is 585 g/mol. The first kappa shape index (κ1) is 30.1. The topological polar surface area (TPSA) is 70.5 Å². The predicted octanol–water partition coefficient (Wildman–Crippen LogP) is 9.60. The van der Waals surface area contributed by atoms with Gasteiger partial charge in [-0.2, -0.15) is 26.3 Å². The molecule has 4 nitrogen and oxygen atoms in total. The third kappa shape index (κ3) is 6.88. The van der Waals surface area contributed by atoms with Crippen molar-refractivity contribution in [3.05, 3.63) is 120 Å². The maximum atomic E-state index is 13.6. The number of ether oxygens (including phenoxy) is 2. The molecule has 0 aliphatic rings. The Labute approximate surface area is 238 Å². The van der Waals surface area contributed by atoms with E-state index in [0.29, 0.717) is 22.3 Å². The minimum absolute atomic E-state index is 0.0508. The van der Waals surface area contributed by atoms with E-state index in [2.05, 4.69) is 13.2 Å². The molecule has 0 saturated heterocycles. The molecule has 0 aliphatic heterocycles. The number of nitrogens with two attached hydrogens (primary N) is 2. The zero-order valence-corrected chi connectivity index (χ0v) is 22.2. The Morgan fingerprint density at radius 2 is 0.905 bits per heavy atom. The zero-order chi connectivity index (χ0) is 30.7. The van der Waals surface area contributed by atoms with E-state index >= 15 is 0 Å². The first-order valence-electron chi connectivity index (χ1n) is 12.6. The number of anilines is 2. The fourth-order valence-electron chi connectivity index (χ4n) is 4.30. The molecule has 0 spiro atoms. The third-order valence-corrected chi connectivity index (χ3v) is 6.24. The molecule has 4 N–H and O–H groups in total. The molecular formula is C32H26F6N2O2. The fourth-order valence-corrected chi connectivity index (χ4v) is 4.30. The second-order valence-electron chi connectivity index (χ2n) is 9.34. The Hall–Kier alpha value is -4.86. The van der Waals surface area contributed by atoms with Crippen molar-refractivity contribution in [3.63, 3.8) is 0 Å². The van der Waals surface area contributed by atoms with E-state index in [-0.39, 0.29) is 35.7 Å². The van der Waals surface area contributed by atoms with Crippen LogP contribution in [0.1, 0.15) is 22.3 Å². The summed E-state index contributed by atoms with van der Waals surface area (Å²) in [5, 5.41) is 0. The lowest BCUT2D eigenvalue weighted by Crippen LogP contribution is -2.08. The molecule has 0 fully saturated rings. The van der Waals surface area contributed by atoms with Crippen LogP contribution in [0.15, 0.2) is 98.1 Å². The van der Waals surface area contributed by atoms with Gasteiger partial charge in [-0.1, -0.05) is 24.3 Å². The van der Waals surface area contributed by atoms with Crippen LogP contribution in [0.3, 0.4) is 0 Å². The molecule has 4 rings (SSSR count). The van der Waals surface area contributed by atoms with E-state index in [1.165, 1.54) is 12.1 Å². The van der Waals surface area contributed by atoms with Gasteiger partial charge in [-0.05, 0) is 95.8 Å². The molecular weight excluding hydrogens is 558 g/mol. The Kier molecular flexibility index (Phi) is 8.56. The van der Waals surface area contributed by atoms with Crippen molar-refractivity contribution in [2.24, 2.45) is 0 Å². The molecule has 218 valence electrons. The van der Waals surface area contributed by atoms with Gasteiger partial charge in [0.15, 0.2) is 0 Å². The first-order valence-corrected chi connectivity index (χ1v) is 12.6. The van der Waals surface area contributed by atoms with Crippen molar-refractivity contribution in [1.29, 1.82) is 0 Å². The molecule has 0 aromatic heterocycles. The molecule has 42 heavy (non-hydrogen) atoms. The van der Waals surface area contributed by atoms with Crippen LogP contribution in [-0.2, 0) is 25.2 Å². The highest BCUT2D eigenvalue weighted by Gasteiger charge is 2.36. The quantitative estimate of drug-likeness (QED) is 0.117. The Bertz CT molecular complexity index is 1510. The van der Waals surface area contributed by atoms with Crippen LogP contribution < -0.4 is 20.9 Å². The Morgan fingerprint density at radius 3 is 1.24 bits per heavy atom. The molecule has 0 atom stereocenters. The highest BCUT2D eigenvalue weighted by Crippen LogP contribution is 2.42. The molecule has 0 heterocycles. The molecule has 0 unspecified atom stereocenters. The Balaban J connectivity index is 1.71. The fraction of sp³-hybridized carbons (Fsp3) is 0.125. The summed E-state index contributed by atoms with van der Waals surface area (Å²) in [6.45, 7) is 7.45. The van der Waals surface area contributed by atoms with E-state index in [0.717, 1.165) is 24.3 Å². The van der Waals surface area contributed by atoms with Gasteiger partial charge in [0.2, 0.25) is 0 Å². The summed E-state index contributed by atoms with van der Waals surface area (Å²) < 4.78 is 93.0. The van der Waals surface area contributed by atoms with Crippen LogP contribution in [0.2, 0.25) is 0 Å². The maximum Gasteiger partial charge on any atom is 0.420 e. The van der Waals surface area contributed by atoms with Gasteiger partial charge in [-0.3, -0.25) is 0 Å². The van der Waals surface area contributed by atoms with Crippen molar-refractivity contribution in [2.75, 3.05) is 11.5 Å². The van der Waals surface area contributed by atoms with Gasteiger partial charge in [0, 0.05) is 11.4 Å². The lowest BCUT2D eigenvalue weighted by atomic mass is 9.98. The molecule has 4 aromatic rings. The summed E-state index contributed by atoms with van der Waals surface area (Å²) in [5.41, 5.74) is 11.5. The minimum Gasteiger partial charge on any atom is -0.456 e. The number of hydrogen-bond acceptors (Lipinski definition) is 4. The lowest BCUT2D eigenvalue weighted by molar-refractivity contribution is -0.139. The van der Waals surface area contributed by atoms with Gasteiger partial charge in [-0.25, -0.2) is 0 Å². The van der Waals surface area contributed by atoms with Gasteiger partial charge in [0.05, 0.1) is 0 Å². The maximum absolute atomic E-state index is 13.6. The number of halogens is 6. The summed E-state index contributed by atoms with van der Waals surface area (Å²) in [4.78, 5) is 0. The number of benzene rings is 4. The van der Waals surface area contributed by atoms with Crippen LogP contribution in [-0.4, -0.2) is 0 Å². The van der Waals surface area contributed by atoms with Gasteiger partial charge < -0.3 is 20.9 Å². The smallest absolute Gasteiger partial charge is 0.420 e. The number of rotatable bonds is 9. The van der Waals surface area contributed by atoms with Crippen molar-refractivity contribution in [2.45, 2.75) is 25.2 Å². The van der Waals surface area contributed by atoms with Crippen LogP contribution in [0, 0.1) is 0 Å². The molecule has 0 bridgehead atoms. The standard InChI is InChI=1S/C32H26F6N2O2/c1-3-5-21-15-19(7-11-27(21)41-29-13-9-23(39)17-25(29)31(33,34)35)20-8-12-28(22(16-20)6-4-2)42-30-14-10-24(40)18-26(30)32(36,37)38/h3-4,7-18H,1-2,5-6,39-40H2. The minimum atomic E-state index is -4.68. The Morgan fingerprint density at radius 1 is 0.548 bits per heavy atom. The van der Waals surface area contributed by atoms with E-state index < -0.39 is 35.0 Å². The molecule has 10 heteroatoms. The number of hydrogen-bond donors (Lipinski definition) is 2. The third-order valence-electron chi connectivity index (χ3n) is 6.24. The molecule has 0 aliphatic carbocycles. The van der Waals surface area contributed by atoms with E-state index in [1.54, 1.807) is 48.6 Å². The number of nitrogen functional groups attached to an aromatic ring is 2. The normalized spacial score (nSPS) is 11.7. The van der Waals surface area contributed by atoms with Crippen molar-refractivity contribution < 1.29 is 35.8 Å². The predicted molar refractivity (Wildman–Crippen MR) is 152 cm³/mol. The average Bonchev–Trinajstić information content (AvgIpc) is 2.91. The number of alkyl halides is 6. The molecule has 0 radical (unpaired) electrons. The van der Waals surface area contributed by atoms with Gasteiger partial charge >= 0.3 is 12.4 Å². The van der Waals surface area contributed by atoms with E-state index in [4.69, 9.17) is 20.9 Å². The van der Waals surface area contributed by atoms with Gasteiger partial charge in [0.1, 0.15) is 34.1 Å². The second kappa shape index (κ2) is 11.9. The molecule has 4 aromatic carbocycles. The zero-order valence-electron chi connectivity index (χ0n) is 22.2. The summed E-state index contributed by atoms with van der Waals surface area (Å²) in [5.74, 6) is -0.401. The molecule has 0 amide bonds. The number of allylic oxidation sites excluding steroid dienone is 2. The largest absolute Gasteiger partial charge is 0.456 e. The first-order chi connectivity index (χ1) is 19.8. The highest BCUT2D eigenvalue weighted by molar-refractivity contribution is 5.69. The van der Waals surface area contributed by atoms with Crippen LogP contribution >= 0.6 is 0 Å². The SMILES string of the molecule is C=CCc1cc(-c2ccc(Oc3ccc(N)cc3C(F)(F)F)c(CC=C)c2)ccc1Oc1ccc(N)cc1C(F)(F)F. The lowest BCUT2D eigenvalue weighted by Gasteiger charge is -2.18. The van der Waals surface area contributed by atoms with Gasteiger partial charge in [0.25, 0.3) is 0 Å². The second-order valence-corrected chi connectivity index (χ2v) is 9.34. The highest BCUT2D eigenvalue weighted by atomic mass is 19.4. The summed E-state index contributed by atoms with van der Waals surface area (Å²) in [7, 11) is 0.